The first-order chi connectivity index (χ1) is 11.3. The molecule has 0 aromatic heterocycles. The average Bonchev–Trinajstić information content (AvgIpc) is 2.51. The maximum Gasteiger partial charge on any atom is 0.279 e. The second kappa shape index (κ2) is 7.88. The molecule has 134 valence electrons. The van der Waals surface area contributed by atoms with Crippen molar-refractivity contribution in [2.75, 3.05) is 31.5 Å². The first-order valence-electron chi connectivity index (χ1n) is 7.66. The fourth-order valence-corrected chi connectivity index (χ4v) is 3.86. The van der Waals surface area contributed by atoms with Crippen LogP contribution in [0, 0.1) is 10.1 Å². The molecule has 0 bridgehead atoms. The average molecular weight is 358 g/mol. The third-order valence-electron chi connectivity index (χ3n) is 3.54. The van der Waals surface area contributed by atoms with Gasteiger partial charge in [0.2, 0.25) is 0 Å². The fraction of sp³-hybridized carbons (Fsp3) is 0.571. The van der Waals surface area contributed by atoms with Gasteiger partial charge in [-0.1, -0.05) is 0 Å². The van der Waals surface area contributed by atoms with E-state index in [9.17, 15) is 18.5 Å². The van der Waals surface area contributed by atoms with Crippen LogP contribution in [-0.2, 0) is 14.9 Å². The molecule has 2 atom stereocenters. The SMILES string of the molecule is C[C@@H]1CN(S(=O)(=O)NCCNc2ccc([N+](=O)[O-])cc2)C[C@H](C)O1. The summed E-state index contributed by atoms with van der Waals surface area (Å²) in [6.07, 6.45) is -0.271. The Morgan fingerprint density at radius 1 is 1.21 bits per heavy atom. The number of benzene rings is 1. The van der Waals surface area contributed by atoms with Gasteiger partial charge in [0.1, 0.15) is 0 Å². The summed E-state index contributed by atoms with van der Waals surface area (Å²) >= 11 is 0. The Labute approximate surface area is 141 Å². The summed E-state index contributed by atoms with van der Waals surface area (Å²) in [5.74, 6) is 0. The molecule has 2 rings (SSSR count). The highest BCUT2D eigenvalue weighted by molar-refractivity contribution is 7.87. The van der Waals surface area contributed by atoms with Crippen molar-refractivity contribution in [1.29, 1.82) is 0 Å². The van der Waals surface area contributed by atoms with Gasteiger partial charge in [0.05, 0.1) is 17.1 Å². The Hall–Kier alpha value is -1.75. The number of nitro benzene ring substituents is 1. The van der Waals surface area contributed by atoms with Crippen LogP contribution in [0.3, 0.4) is 0 Å². The third kappa shape index (κ3) is 5.13. The number of hydrogen-bond acceptors (Lipinski definition) is 6. The maximum atomic E-state index is 12.3. The van der Waals surface area contributed by atoms with Gasteiger partial charge in [-0.25, -0.2) is 4.72 Å². The highest BCUT2D eigenvalue weighted by atomic mass is 32.2. The number of morpholine rings is 1. The van der Waals surface area contributed by atoms with E-state index in [0.717, 1.165) is 0 Å². The molecule has 1 aliphatic rings. The van der Waals surface area contributed by atoms with Gasteiger partial charge in [-0.2, -0.15) is 12.7 Å². The van der Waals surface area contributed by atoms with E-state index in [4.69, 9.17) is 4.74 Å². The number of nitrogens with zero attached hydrogens (tertiary/aromatic N) is 2. The molecule has 1 aliphatic heterocycles. The summed E-state index contributed by atoms with van der Waals surface area (Å²) < 4.78 is 34.0. The minimum absolute atomic E-state index is 0.0109. The fourth-order valence-electron chi connectivity index (χ4n) is 2.51. The van der Waals surface area contributed by atoms with E-state index in [2.05, 4.69) is 10.0 Å². The van der Waals surface area contributed by atoms with Crippen molar-refractivity contribution in [3.05, 3.63) is 34.4 Å². The largest absolute Gasteiger partial charge is 0.384 e. The lowest BCUT2D eigenvalue weighted by atomic mass is 10.3. The van der Waals surface area contributed by atoms with Gasteiger partial charge in [-0.3, -0.25) is 10.1 Å². The number of non-ortho nitro benzene ring substituents is 1. The summed E-state index contributed by atoms with van der Waals surface area (Å²) in [5, 5.41) is 13.6. The molecule has 0 saturated carbocycles. The summed E-state index contributed by atoms with van der Waals surface area (Å²) in [4.78, 5) is 10.1. The van der Waals surface area contributed by atoms with Crippen LogP contribution in [0.25, 0.3) is 0 Å². The second-order valence-corrected chi connectivity index (χ2v) is 7.46. The summed E-state index contributed by atoms with van der Waals surface area (Å²) in [7, 11) is -3.55. The predicted molar refractivity (Wildman–Crippen MR) is 90.1 cm³/mol. The first-order valence-corrected chi connectivity index (χ1v) is 9.10. The molecule has 9 nitrogen and oxygen atoms in total. The second-order valence-electron chi connectivity index (χ2n) is 5.70. The Bertz CT molecular complexity index is 654. The van der Waals surface area contributed by atoms with Crippen LogP contribution in [0.15, 0.2) is 24.3 Å². The minimum Gasteiger partial charge on any atom is -0.384 e. The van der Waals surface area contributed by atoms with E-state index < -0.39 is 15.1 Å². The summed E-state index contributed by atoms with van der Waals surface area (Å²) in [6, 6.07) is 5.95. The van der Waals surface area contributed by atoms with Gasteiger partial charge in [0, 0.05) is 44.0 Å². The molecule has 1 aromatic carbocycles. The molecule has 10 heteroatoms. The minimum atomic E-state index is -3.55. The number of ether oxygens (including phenoxy) is 1. The van der Waals surface area contributed by atoms with E-state index >= 15 is 0 Å². The Kier molecular flexibility index (Phi) is 6.10. The highest BCUT2D eigenvalue weighted by Gasteiger charge is 2.30. The standard InChI is InChI=1S/C14H22N4O5S/c1-11-9-17(10-12(2)23-11)24(21,22)16-8-7-15-13-3-5-14(6-4-13)18(19)20/h3-6,11-12,15-16H,7-10H2,1-2H3/t11-,12+. The van der Waals surface area contributed by atoms with Crippen LogP contribution in [0.1, 0.15) is 13.8 Å². The molecule has 24 heavy (non-hydrogen) atoms. The zero-order valence-corrected chi connectivity index (χ0v) is 14.5. The molecular formula is C14H22N4O5S. The van der Waals surface area contributed by atoms with E-state index in [-0.39, 0.29) is 24.4 Å². The van der Waals surface area contributed by atoms with Crippen LogP contribution in [0.4, 0.5) is 11.4 Å². The number of nitro groups is 1. The van der Waals surface area contributed by atoms with Crippen molar-refractivity contribution < 1.29 is 18.1 Å². The van der Waals surface area contributed by atoms with Crippen LogP contribution in [0.2, 0.25) is 0 Å². The highest BCUT2D eigenvalue weighted by Crippen LogP contribution is 2.15. The molecule has 0 spiro atoms. The van der Waals surface area contributed by atoms with E-state index in [1.54, 1.807) is 12.1 Å². The van der Waals surface area contributed by atoms with Gasteiger partial charge in [0.25, 0.3) is 15.9 Å². The first kappa shape index (κ1) is 18.6. The van der Waals surface area contributed by atoms with E-state index in [1.165, 1.54) is 16.4 Å². The van der Waals surface area contributed by atoms with Gasteiger partial charge in [-0.05, 0) is 26.0 Å². The normalized spacial score (nSPS) is 22.2. The van der Waals surface area contributed by atoms with Crippen molar-refractivity contribution in [2.45, 2.75) is 26.1 Å². The topological polar surface area (TPSA) is 114 Å². The monoisotopic (exact) mass is 358 g/mol. The Balaban J connectivity index is 1.79. The van der Waals surface area contributed by atoms with E-state index in [0.29, 0.717) is 25.3 Å². The van der Waals surface area contributed by atoms with Gasteiger partial charge < -0.3 is 10.1 Å². The lowest BCUT2D eigenvalue weighted by Gasteiger charge is -2.34. The molecule has 2 N–H and O–H groups in total. The van der Waals surface area contributed by atoms with Gasteiger partial charge in [0.15, 0.2) is 0 Å². The lowest BCUT2D eigenvalue weighted by Crippen LogP contribution is -2.52. The Morgan fingerprint density at radius 2 is 1.79 bits per heavy atom. The molecule has 1 aromatic rings. The van der Waals surface area contributed by atoms with Crippen molar-refractivity contribution in [2.24, 2.45) is 0 Å². The van der Waals surface area contributed by atoms with Gasteiger partial charge in [-0.15, -0.1) is 0 Å². The summed E-state index contributed by atoms with van der Waals surface area (Å²) in [5.41, 5.74) is 0.699. The lowest BCUT2D eigenvalue weighted by molar-refractivity contribution is -0.384. The van der Waals surface area contributed by atoms with Crippen molar-refractivity contribution in [3.63, 3.8) is 0 Å². The van der Waals surface area contributed by atoms with Crippen LogP contribution < -0.4 is 10.0 Å². The maximum absolute atomic E-state index is 12.3. The molecule has 1 heterocycles. The molecule has 0 radical (unpaired) electrons. The molecular weight excluding hydrogens is 336 g/mol. The molecule has 1 saturated heterocycles. The van der Waals surface area contributed by atoms with Crippen molar-refractivity contribution in [3.8, 4) is 0 Å². The number of anilines is 1. The number of rotatable bonds is 7. The Morgan fingerprint density at radius 3 is 2.33 bits per heavy atom. The zero-order chi connectivity index (χ0) is 17.7. The third-order valence-corrected chi connectivity index (χ3v) is 5.09. The van der Waals surface area contributed by atoms with Crippen molar-refractivity contribution >= 4 is 21.6 Å². The number of hydrogen-bond donors (Lipinski definition) is 2. The molecule has 0 amide bonds. The molecule has 0 unspecified atom stereocenters. The van der Waals surface area contributed by atoms with Crippen LogP contribution in [0.5, 0.6) is 0 Å². The van der Waals surface area contributed by atoms with Crippen LogP contribution >= 0.6 is 0 Å². The predicted octanol–water partition coefficient (Wildman–Crippen LogP) is 0.950. The smallest absolute Gasteiger partial charge is 0.279 e. The molecule has 1 fully saturated rings. The van der Waals surface area contributed by atoms with Gasteiger partial charge >= 0.3 is 0 Å². The van der Waals surface area contributed by atoms with Crippen molar-refractivity contribution in [1.82, 2.24) is 9.03 Å². The van der Waals surface area contributed by atoms with E-state index in [1.807, 2.05) is 13.8 Å². The molecule has 0 aliphatic carbocycles. The summed E-state index contributed by atoms with van der Waals surface area (Å²) in [6.45, 7) is 4.92. The number of nitrogens with one attached hydrogen (secondary N) is 2. The zero-order valence-electron chi connectivity index (χ0n) is 13.6. The van der Waals surface area contributed by atoms with Crippen LogP contribution in [-0.4, -0.2) is 56.0 Å². The quantitative estimate of drug-likeness (QED) is 0.426.